The summed E-state index contributed by atoms with van der Waals surface area (Å²) < 4.78 is 10.0. The molecule has 194 valence electrons. The van der Waals surface area contributed by atoms with E-state index in [-0.39, 0.29) is 24.4 Å². The lowest BCUT2D eigenvalue weighted by Gasteiger charge is -2.36. The molecule has 2 N–H and O–H groups in total. The minimum Gasteiger partial charge on any atom is -0.468 e. The summed E-state index contributed by atoms with van der Waals surface area (Å²) in [5.41, 5.74) is 1.81. The zero-order valence-corrected chi connectivity index (χ0v) is 22.1. The van der Waals surface area contributed by atoms with E-state index in [2.05, 4.69) is 15.4 Å². The third-order valence-corrected chi connectivity index (χ3v) is 5.52. The van der Waals surface area contributed by atoms with Crippen LogP contribution in [0.5, 0.6) is 0 Å². The van der Waals surface area contributed by atoms with Gasteiger partial charge in [0.1, 0.15) is 24.2 Å². The highest BCUT2D eigenvalue weighted by Gasteiger charge is 2.44. The minimum absolute atomic E-state index is 0.154. The summed E-state index contributed by atoms with van der Waals surface area (Å²) in [6, 6.07) is 3.69. The molecule has 1 saturated carbocycles. The number of nitrogens with one attached hydrogen (secondary N) is 2. The van der Waals surface area contributed by atoms with Crippen molar-refractivity contribution < 1.29 is 28.7 Å². The molecule has 0 aromatic heterocycles. The van der Waals surface area contributed by atoms with Crippen molar-refractivity contribution in [1.29, 1.82) is 0 Å². The number of esters is 1. The first kappa shape index (κ1) is 28.1. The maximum Gasteiger partial charge on any atom is 0.408 e. The van der Waals surface area contributed by atoms with Gasteiger partial charge in [-0.1, -0.05) is 43.2 Å². The third-order valence-electron chi connectivity index (χ3n) is 5.52. The number of carbonyl (C=O) groups is 4. The predicted molar refractivity (Wildman–Crippen MR) is 132 cm³/mol. The molecule has 0 aliphatic heterocycles. The average molecular weight is 490 g/mol. The molecule has 35 heavy (non-hydrogen) atoms. The van der Waals surface area contributed by atoms with Gasteiger partial charge in [-0.05, 0) is 58.9 Å². The van der Waals surface area contributed by atoms with E-state index in [1.54, 1.807) is 25.7 Å². The Bertz CT molecular complexity index is 929. The van der Waals surface area contributed by atoms with Crippen LogP contribution in [0.3, 0.4) is 0 Å². The summed E-state index contributed by atoms with van der Waals surface area (Å²) in [6.45, 7) is 12.4. The molecule has 9 heteroatoms. The number of rotatable bonds is 9. The summed E-state index contributed by atoms with van der Waals surface area (Å²) in [7, 11) is 1.24. The molecule has 0 radical (unpaired) electrons. The standard InChI is InChI=1S/C26H39N3O6/c1-15(2)21(28-25(33)35-26(5,6)7)24(32)29(19-9-10-19)22(23(31)27-14-20(30)34-8)18-12-16(3)11-17(4)13-18/h11-13,15,19,21-22H,9-10,14H2,1-8H3,(H,27,31)(H,28,33). The lowest BCUT2D eigenvalue weighted by molar-refractivity contribution is -0.145. The molecule has 0 heterocycles. The zero-order valence-electron chi connectivity index (χ0n) is 22.1. The molecule has 0 bridgehead atoms. The zero-order chi connectivity index (χ0) is 26.5. The van der Waals surface area contributed by atoms with Gasteiger partial charge in [0.25, 0.3) is 0 Å². The van der Waals surface area contributed by atoms with Crippen LogP contribution < -0.4 is 10.6 Å². The van der Waals surface area contributed by atoms with Crippen LogP contribution in [-0.2, 0) is 23.9 Å². The van der Waals surface area contributed by atoms with Gasteiger partial charge in [-0.15, -0.1) is 0 Å². The van der Waals surface area contributed by atoms with E-state index in [0.717, 1.165) is 24.0 Å². The Balaban J connectivity index is 2.46. The van der Waals surface area contributed by atoms with Crippen molar-refractivity contribution in [2.75, 3.05) is 13.7 Å². The summed E-state index contributed by atoms with van der Waals surface area (Å²) in [4.78, 5) is 53.1. The van der Waals surface area contributed by atoms with Crippen molar-refractivity contribution in [3.05, 3.63) is 34.9 Å². The summed E-state index contributed by atoms with van der Waals surface area (Å²) >= 11 is 0. The molecule has 0 saturated heterocycles. The largest absolute Gasteiger partial charge is 0.468 e. The summed E-state index contributed by atoms with van der Waals surface area (Å²) in [5.74, 6) is -1.70. The fourth-order valence-corrected chi connectivity index (χ4v) is 3.91. The maximum absolute atomic E-state index is 13.9. The Morgan fingerprint density at radius 1 is 1.06 bits per heavy atom. The Hall–Kier alpha value is -3.10. The van der Waals surface area contributed by atoms with Crippen LogP contribution in [0.15, 0.2) is 18.2 Å². The molecule has 2 unspecified atom stereocenters. The van der Waals surface area contributed by atoms with Gasteiger partial charge in [0.15, 0.2) is 0 Å². The average Bonchev–Trinajstić information content (AvgIpc) is 3.56. The second kappa shape index (κ2) is 11.6. The van der Waals surface area contributed by atoms with Crippen molar-refractivity contribution >= 4 is 23.9 Å². The number of benzene rings is 1. The molecule has 3 amide bonds. The van der Waals surface area contributed by atoms with E-state index >= 15 is 0 Å². The van der Waals surface area contributed by atoms with Crippen LogP contribution >= 0.6 is 0 Å². The minimum atomic E-state index is -0.972. The smallest absolute Gasteiger partial charge is 0.408 e. The first-order valence-corrected chi connectivity index (χ1v) is 12.0. The second-order valence-electron chi connectivity index (χ2n) is 10.5. The molecule has 0 spiro atoms. The topological polar surface area (TPSA) is 114 Å². The number of amides is 3. The highest BCUT2D eigenvalue weighted by molar-refractivity contribution is 5.93. The van der Waals surface area contributed by atoms with Crippen LogP contribution in [-0.4, -0.2) is 60.1 Å². The van der Waals surface area contributed by atoms with Crippen molar-refractivity contribution in [2.45, 2.75) is 85.0 Å². The van der Waals surface area contributed by atoms with Crippen molar-refractivity contribution in [3.8, 4) is 0 Å². The number of aryl methyl sites for hydroxylation is 2. The highest BCUT2D eigenvalue weighted by Crippen LogP contribution is 2.36. The lowest BCUT2D eigenvalue weighted by atomic mass is 9.96. The van der Waals surface area contributed by atoms with Crippen molar-refractivity contribution in [3.63, 3.8) is 0 Å². The normalized spacial score (nSPS) is 15.1. The number of hydrogen-bond acceptors (Lipinski definition) is 6. The first-order valence-electron chi connectivity index (χ1n) is 12.0. The van der Waals surface area contributed by atoms with Gasteiger partial charge in [0.05, 0.1) is 7.11 Å². The monoisotopic (exact) mass is 489 g/mol. The van der Waals surface area contributed by atoms with Gasteiger partial charge < -0.3 is 25.0 Å². The lowest BCUT2D eigenvalue weighted by Crippen LogP contribution is -2.55. The Labute approximate surface area is 207 Å². The summed E-state index contributed by atoms with van der Waals surface area (Å²) in [6.07, 6.45) is 0.793. The second-order valence-corrected chi connectivity index (χ2v) is 10.5. The van der Waals surface area contributed by atoms with Gasteiger partial charge in [0.2, 0.25) is 11.8 Å². The highest BCUT2D eigenvalue weighted by atomic mass is 16.6. The van der Waals surface area contributed by atoms with Crippen LogP contribution in [0.4, 0.5) is 4.79 Å². The van der Waals surface area contributed by atoms with Crippen molar-refractivity contribution in [2.24, 2.45) is 5.92 Å². The molecular weight excluding hydrogens is 450 g/mol. The third kappa shape index (κ3) is 8.26. The Kier molecular flexibility index (Phi) is 9.29. The van der Waals surface area contributed by atoms with Crippen LogP contribution in [0.1, 0.15) is 70.2 Å². The van der Waals surface area contributed by atoms with Gasteiger partial charge >= 0.3 is 12.1 Å². The first-order chi connectivity index (χ1) is 16.2. The van der Waals surface area contributed by atoms with E-state index in [1.807, 2.05) is 45.9 Å². The number of ether oxygens (including phenoxy) is 2. The van der Waals surface area contributed by atoms with E-state index < -0.39 is 35.7 Å². The molecule has 1 aromatic rings. The van der Waals surface area contributed by atoms with Gasteiger partial charge in [-0.3, -0.25) is 14.4 Å². The molecule has 2 rings (SSSR count). The molecule has 2 atom stereocenters. The van der Waals surface area contributed by atoms with Crippen LogP contribution in [0, 0.1) is 19.8 Å². The predicted octanol–water partition coefficient (Wildman–Crippen LogP) is 3.17. The Morgan fingerprint density at radius 2 is 1.63 bits per heavy atom. The molecule has 1 aromatic carbocycles. The summed E-state index contributed by atoms with van der Waals surface area (Å²) in [5, 5.41) is 5.31. The quantitative estimate of drug-likeness (QED) is 0.515. The number of alkyl carbamates (subject to hydrolysis) is 1. The fourth-order valence-electron chi connectivity index (χ4n) is 3.91. The van der Waals surface area contributed by atoms with E-state index in [1.165, 1.54) is 7.11 Å². The van der Waals surface area contributed by atoms with Gasteiger partial charge in [-0.25, -0.2) is 4.79 Å². The Morgan fingerprint density at radius 3 is 2.09 bits per heavy atom. The number of carbonyl (C=O) groups excluding carboxylic acids is 4. The van der Waals surface area contributed by atoms with E-state index in [9.17, 15) is 19.2 Å². The van der Waals surface area contributed by atoms with Crippen molar-refractivity contribution in [1.82, 2.24) is 15.5 Å². The molecular formula is C26H39N3O6. The molecule has 9 nitrogen and oxygen atoms in total. The SMILES string of the molecule is COC(=O)CNC(=O)C(c1cc(C)cc(C)c1)N(C(=O)C(NC(=O)OC(C)(C)C)C(C)C)C1CC1. The van der Waals surface area contributed by atoms with Gasteiger partial charge in [-0.2, -0.15) is 0 Å². The van der Waals surface area contributed by atoms with Crippen LogP contribution in [0.2, 0.25) is 0 Å². The van der Waals surface area contributed by atoms with Crippen LogP contribution in [0.25, 0.3) is 0 Å². The maximum atomic E-state index is 13.9. The molecule has 1 fully saturated rings. The molecule has 1 aliphatic carbocycles. The molecule has 1 aliphatic rings. The fraction of sp³-hybridized carbons (Fsp3) is 0.615. The van der Waals surface area contributed by atoms with Gasteiger partial charge in [0, 0.05) is 6.04 Å². The number of methoxy groups -OCH3 is 1. The number of hydrogen-bond donors (Lipinski definition) is 2. The van der Waals surface area contributed by atoms with E-state index in [4.69, 9.17) is 4.74 Å². The van der Waals surface area contributed by atoms with E-state index in [0.29, 0.717) is 5.56 Å². The number of nitrogens with zero attached hydrogens (tertiary/aromatic N) is 1.